The number of ether oxygens (including phenoxy) is 1. The molecule has 3 rings (SSSR count). The Hall–Kier alpha value is -3.76. The Bertz CT molecular complexity index is 998. The maximum Gasteiger partial charge on any atom is 0.258 e. The van der Waals surface area contributed by atoms with Crippen LogP contribution in [0.4, 0.5) is 5.69 Å². The molecule has 1 aromatic heterocycles. The number of thiocarbonyl (C=S) groups is 1. The topological polar surface area (TPSA) is 87.0 Å². The lowest BCUT2D eigenvalue weighted by molar-refractivity contribution is 0.0977. The van der Waals surface area contributed by atoms with Crippen LogP contribution in [0.2, 0.25) is 0 Å². The van der Waals surface area contributed by atoms with E-state index in [0.717, 1.165) is 5.75 Å². The molecular formula is C20H14N4O2S. The molecule has 0 saturated heterocycles. The van der Waals surface area contributed by atoms with Crippen LogP contribution in [0.3, 0.4) is 0 Å². The number of anilines is 1. The van der Waals surface area contributed by atoms with Gasteiger partial charge in [-0.1, -0.05) is 24.3 Å². The number of nitriles is 1. The Morgan fingerprint density at radius 1 is 1.04 bits per heavy atom. The largest absolute Gasteiger partial charge is 0.457 e. The molecule has 0 aliphatic rings. The van der Waals surface area contributed by atoms with E-state index in [2.05, 4.69) is 15.6 Å². The number of nitrogens with one attached hydrogen (secondary N) is 2. The quantitative estimate of drug-likeness (QED) is 0.674. The molecule has 0 fully saturated rings. The monoisotopic (exact) mass is 374 g/mol. The molecular weight excluding hydrogens is 360 g/mol. The van der Waals surface area contributed by atoms with Crippen LogP contribution < -0.4 is 15.4 Å². The number of carbonyl (C=O) groups excluding carboxylic acids is 1. The van der Waals surface area contributed by atoms with E-state index in [9.17, 15) is 4.79 Å². The SMILES string of the molecule is N#Cc1ccc(C(=O)NC(=S)Nc2cccc(Oc3ccccc3)c2)cn1. The van der Waals surface area contributed by atoms with Gasteiger partial charge in [-0.2, -0.15) is 5.26 Å². The van der Waals surface area contributed by atoms with Crippen molar-refractivity contribution in [3.05, 3.63) is 84.2 Å². The lowest BCUT2D eigenvalue weighted by Crippen LogP contribution is -2.34. The molecule has 2 N–H and O–H groups in total. The average molecular weight is 374 g/mol. The molecule has 7 heteroatoms. The minimum atomic E-state index is -0.416. The van der Waals surface area contributed by atoms with Crippen LogP contribution in [0.1, 0.15) is 16.1 Å². The number of amides is 1. The van der Waals surface area contributed by atoms with Crippen LogP contribution in [0, 0.1) is 11.3 Å². The van der Waals surface area contributed by atoms with E-state index in [1.165, 1.54) is 18.3 Å². The van der Waals surface area contributed by atoms with Crippen molar-refractivity contribution in [3.8, 4) is 17.6 Å². The molecule has 3 aromatic rings. The van der Waals surface area contributed by atoms with Gasteiger partial charge in [0.15, 0.2) is 5.11 Å². The second-order valence-corrected chi connectivity index (χ2v) is 5.80. The molecule has 27 heavy (non-hydrogen) atoms. The molecule has 0 unspecified atom stereocenters. The molecule has 1 heterocycles. The molecule has 0 saturated carbocycles. The van der Waals surface area contributed by atoms with Crippen LogP contribution in [-0.4, -0.2) is 16.0 Å². The summed E-state index contributed by atoms with van der Waals surface area (Å²) in [5, 5.41) is 14.4. The third kappa shape index (κ3) is 5.11. The van der Waals surface area contributed by atoms with Crippen LogP contribution in [-0.2, 0) is 0 Å². The zero-order valence-corrected chi connectivity index (χ0v) is 14.9. The van der Waals surface area contributed by atoms with Gasteiger partial charge in [0.25, 0.3) is 5.91 Å². The zero-order valence-electron chi connectivity index (χ0n) is 14.0. The van der Waals surface area contributed by atoms with E-state index in [4.69, 9.17) is 22.2 Å². The van der Waals surface area contributed by atoms with Crippen molar-refractivity contribution in [2.45, 2.75) is 0 Å². The number of hydrogen-bond acceptors (Lipinski definition) is 5. The maximum atomic E-state index is 12.2. The summed E-state index contributed by atoms with van der Waals surface area (Å²) in [4.78, 5) is 16.0. The first kappa shape index (κ1) is 18.0. The predicted octanol–water partition coefficient (Wildman–Crippen LogP) is 3.87. The van der Waals surface area contributed by atoms with Crippen molar-refractivity contribution in [1.29, 1.82) is 5.26 Å². The number of para-hydroxylation sites is 1. The van der Waals surface area contributed by atoms with Gasteiger partial charge in [0.1, 0.15) is 23.3 Å². The van der Waals surface area contributed by atoms with Gasteiger partial charge in [-0.3, -0.25) is 10.1 Å². The Kier molecular flexibility index (Phi) is 5.72. The Morgan fingerprint density at radius 2 is 1.81 bits per heavy atom. The molecule has 2 aromatic carbocycles. The van der Waals surface area contributed by atoms with E-state index < -0.39 is 5.91 Å². The highest BCUT2D eigenvalue weighted by Crippen LogP contribution is 2.23. The van der Waals surface area contributed by atoms with Gasteiger partial charge in [-0.25, -0.2) is 4.98 Å². The minimum Gasteiger partial charge on any atom is -0.457 e. The minimum absolute atomic E-state index is 0.140. The summed E-state index contributed by atoms with van der Waals surface area (Å²) < 4.78 is 5.77. The molecule has 0 radical (unpaired) electrons. The number of nitrogens with zero attached hydrogens (tertiary/aromatic N) is 2. The summed E-state index contributed by atoms with van der Waals surface area (Å²) in [5.74, 6) is 0.941. The van der Waals surface area contributed by atoms with Gasteiger partial charge in [-0.05, 0) is 48.6 Å². The first-order valence-corrected chi connectivity index (χ1v) is 8.36. The predicted molar refractivity (Wildman–Crippen MR) is 106 cm³/mol. The fraction of sp³-hybridized carbons (Fsp3) is 0. The van der Waals surface area contributed by atoms with Gasteiger partial charge in [0.2, 0.25) is 0 Å². The lowest BCUT2D eigenvalue weighted by Gasteiger charge is -2.11. The Labute approximate surface area is 161 Å². The van der Waals surface area contributed by atoms with Crippen molar-refractivity contribution < 1.29 is 9.53 Å². The van der Waals surface area contributed by atoms with Crippen molar-refractivity contribution in [3.63, 3.8) is 0 Å². The van der Waals surface area contributed by atoms with Gasteiger partial charge in [0, 0.05) is 18.0 Å². The van der Waals surface area contributed by atoms with Crippen LogP contribution >= 0.6 is 12.2 Å². The number of carbonyl (C=O) groups is 1. The van der Waals surface area contributed by atoms with Crippen LogP contribution in [0.15, 0.2) is 72.9 Å². The van der Waals surface area contributed by atoms with Crippen molar-refractivity contribution >= 4 is 28.9 Å². The smallest absolute Gasteiger partial charge is 0.258 e. The third-order valence-corrected chi connectivity index (χ3v) is 3.64. The Balaban J connectivity index is 1.61. The normalized spacial score (nSPS) is 9.74. The molecule has 1 amide bonds. The van der Waals surface area contributed by atoms with E-state index in [-0.39, 0.29) is 10.8 Å². The van der Waals surface area contributed by atoms with E-state index >= 15 is 0 Å². The standard InChI is InChI=1S/C20H14N4O2S/c21-12-16-10-9-14(13-22-16)19(25)24-20(27)23-15-5-4-8-18(11-15)26-17-6-2-1-3-7-17/h1-11,13H,(H2,23,24,25,27). The summed E-state index contributed by atoms with van der Waals surface area (Å²) in [6.07, 6.45) is 1.32. The molecule has 0 spiro atoms. The summed E-state index contributed by atoms with van der Waals surface area (Å²) in [6.45, 7) is 0. The molecule has 0 bridgehead atoms. The van der Waals surface area contributed by atoms with Crippen molar-refractivity contribution in [2.75, 3.05) is 5.32 Å². The highest BCUT2D eigenvalue weighted by Gasteiger charge is 2.09. The second kappa shape index (κ2) is 8.56. The molecule has 6 nitrogen and oxygen atoms in total. The summed E-state index contributed by atoms with van der Waals surface area (Å²) in [6, 6.07) is 21.5. The van der Waals surface area contributed by atoms with E-state index in [1.54, 1.807) is 12.1 Å². The van der Waals surface area contributed by atoms with Crippen molar-refractivity contribution in [2.24, 2.45) is 0 Å². The van der Waals surface area contributed by atoms with Gasteiger partial charge in [-0.15, -0.1) is 0 Å². The summed E-state index contributed by atoms with van der Waals surface area (Å²) >= 11 is 5.18. The molecule has 0 aliphatic carbocycles. The van der Waals surface area contributed by atoms with Crippen LogP contribution in [0.25, 0.3) is 0 Å². The van der Waals surface area contributed by atoms with Gasteiger partial charge in [0.05, 0.1) is 5.56 Å². The number of aromatic nitrogens is 1. The first-order valence-electron chi connectivity index (χ1n) is 7.95. The maximum absolute atomic E-state index is 12.2. The molecule has 132 valence electrons. The van der Waals surface area contributed by atoms with E-state index in [0.29, 0.717) is 17.0 Å². The number of pyridine rings is 1. The van der Waals surface area contributed by atoms with Crippen LogP contribution in [0.5, 0.6) is 11.5 Å². The number of rotatable bonds is 4. The molecule has 0 atom stereocenters. The fourth-order valence-corrected chi connectivity index (χ4v) is 2.40. The average Bonchev–Trinajstić information content (AvgIpc) is 2.69. The first-order chi connectivity index (χ1) is 13.1. The van der Waals surface area contributed by atoms with E-state index in [1.807, 2.05) is 48.5 Å². The molecule has 0 aliphatic heterocycles. The number of hydrogen-bond donors (Lipinski definition) is 2. The Morgan fingerprint density at radius 3 is 2.52 bits per heavy atom. The highest BCUT2D eigenvalue weighted by molar-refractivity contribution is 7.80. The summed E-state index contributed by atoms with van der Waals surface area (Å²) in [7, 11) is 0. The fourth-order valence-electron chi connectivity index (χ4n) is 2.19. The second-order valence-electron chi connectivity index (χ2n) is 5.40. The summed E-state index contributed by atoms with van der Waals surface area (Å²) in [5.41, 5.74) is 1.22. The highest BCUT2D eigenvalue weighted by atomic mass is 32.1. The van der Waals surface area contributed by atoms with Crippen molar-refractivity contribution in [1.82, 2.24) is 10.3 Å². The zero-order chi connectivity index (χ0) is 19.1. The third-order valence-electron chi connectivity index (χ3n) is 3.44. The van der Waals surface area contributed by atoms with Gasteiger partial charge < -0.3 is 10.1 Å². The number of benzene rings is 2. The van der Waals surface area contributed by atoms with Gasteiger partial charge >= 0.3 is 0 Å². The lowest BCUT2D eigenvalue weighted by atomic mass is 10.2.